The summed E-state index contributed by atoms with van der Waals surface area (Å²) in [6.07, 6.45) is 1.99. The molecule has 2 amide bonds. The predicted octanol–water partition coefficient (Wildman–Crippen LogP) is 5.03. The van der Waals surface area contributed by atoms with E-state index in [0.717, 1.165) is 22.8 Å². The Bertz CT molecular complexity index is 1480. The molecule has 1 aliphatic carbocycles. The third-order valence-electron chi connectivity index (χ3n) is 8.15. The lowest BCUT2D eigenvalue weighted by molar-refractivity contribution is -0.385. The van der Waals surface area contributed by atoms with Gasteiger partial charge in [-0.3, -0.25) is 19.7 Å². The topological polar surface area (TPSA) is 113 Å². The Morgan fingerprint density at radius 3 is 2.54 bits per heavy atom. The van der Waals surface area contributed by atoms with E-state index in [-0.39, 0.29) is 35.3 Å². The number of phenolic OH excluding ortho intramolecular Hbond substituents is 1. The number of halogens is 1. The monoisotopic (exact) mass is 531 g/mol. The highest BCUT2D eigenvalue weighted by Crippen LogP contribution is 2.51. The number of nitrogens with one attached hydrogen (secondary N) is 1. The molecule has 2 aliphatic rings. The van der Waals surface area contributed by atoms with Gasteiger partial charge in [0.2, 0.25) is 5.91 Å². The lowest BCUT2D eigenvalue weighted by atomic mass is 9.73. The first kappa shape index (κ1) is 26.3. The van der Waals surface area contributed by atoms with E-state index >= 15 is 0 Å². The van der Waals surface area contributed by atoms with Gasteiger partial charge in [-0.15, -0.1) is 0 Å². The summed E-state index contributed by atoms with van der Waals surface area (Å²) < 4.78 is 14.1. The minimum absolute atomic E-state index is 0.0439. The number of nitro benzene ring substituents is 1. The molecule has 1 heterocycles. The molecule has 1 saturated heterocycles. The van der Waals surface area contributed by atoms with E-state index in [9.17, 15) is 29.2 Å². The fraction of sp³-hybridized carbons (Fsp3) is 0.333. The van der Waals surface area contributed by atoms with E-state index in [0.29, 0.717) is 43.5 Å². The average molecular weight is 532 g/mol. The second-order valence-electron chi connectivity index (χ2n) is 10.7. The first-order valence-corrected chi connectivity index (χ1v) is 13.0. The number of phenols is 1. The number of carbonyl (C=O) groups is 2. The molecule has 0 radical (unpaired) electrons. The second-order valence-corrected chi connectivity index (χ2v) is 10.7. The van der Waals surface area contributed by atoms with Gasteiger partial charge in [0.25, 0.3) is 5.91 Å². The molecule has 0 aromatic heterocycles. The Hall–Kier alpha value is -4.27. The SMILES string of the molecule is Cc1ccc2c(c1)C(NC(=O)Cc1ccccc1F)CC21CCN(C(=O)c2cc([N+](=O)[O-])c(O)cc2C)CC1. The minimum atomic E-state index is -0.700. The molecule has 1 fully saturated rings. The normalized spacial score (nSPS) is 17.6. The number of rotatable bonds is 5. The van der Waals surface area contributed by atoms with Gasteiger partial charge in [0, 0.05) is 30.1 Å². The number of hydrogen-bond donors (Lipinski definition) is 2. The molecule has 5 rings (SSSR count). The van der Waals surface area contributed by atoms with Crippen molar-refractivity contribution in [3.8, 4) is 5.75 Å². The summed E-state index contributed by atoms with van der Waals surface area (Å²) in [6.45, 7) is 4.56. The van der Waals surface area contributed by atoms with Gasteiger partial charge >= 0.3 is 5.69 Å². The molecule has 39 heavy (non-hydrogen) atoms. The van der Waals surface area contributed by atoms with E-state index in [4.69, 9.17) is 0 Å². The smallest absolute Gasteiger partial charge is 0.311 e. The highest BCUT2D eigenvalue weighted by Gasteiger charge is 2.46. The number of aromatic hydroxyl groups is 1. The number of nitro groups is 1. The number of nitrogens with zero attached hydrogens (tertiary/aromatic N) is 2. The maximum absolute atomic E-state index is 14.1. The third-order valence-corrected chi connectivity index (χ3v) is 8.15. The number of piperidine rings is 1. The molecule has 3 aromatic rings. The van der Waals surface area contributed by atoms with Gasteiger partial charge in [-0.2, -0.15) is 0 Å². The zero-order chi connectivity index (χ0) is 27.9. The Morgan fingerprint density at radius 1 is 1.13 bits per heavy atom. The van der Waals surface area contributed by atoms with Crippen LogP contribution in [0.3, 0.4) is 0 Å². The van der Waals surface area contributed by atoms with Crippen LogP contribution in [0, 0.1) is 29.8 Å². The van der Waals surface area contributed by atoms with Crippen molar-refractivity contribution < 1.29 is 24.0 Å². The first-order valence-electron chi connectivity index (χ1n) is 13.0. The van der Waals surface area contributed by atoms with Gasteiger partial charge in [0.05, 0.1) is 17.4 Å². The van der Waals surface area contributed by atoms with Crippen molar-refractivity contribution in [2.24, 2.45) is 0 Å². The van der Waals surface area contributed by atoms with Gasteiger partial charge in [-0.1, -0.05) is 42.0 Å². The van der Waals surface area contributed by atoms with E-state index in [1.165, 1.54) is 12.1 Å². The van der Waals surface area contributed by atoms with Gasteiger partial charge in [-0.05, 0) is 67.5 Å². The Balaban J connectivity index is 1.34. The molecule has 0 saturated carbocycles. The quantitative estimate of drug-likeness (QED) is 0.354. The molecule has 9 heteroatoms. The van der Waals surface area contributed by atoms with Crippen LogP contribution in [0.25, 0.3) is 0 Å². The number of benzene rings is 3. The van der Waals surface area contributed by atoms with Crippen LogP contribution in [-0.4, -0.2) is 39.8 Å². The van der Waals surface area contributed by atoms with Crippen LogP contribution in [-0.2, 0) is 16.6 Å². The highest BCUT2D eigenvalue weighted by molar-refractivity contribution is 5.96. The fourth-order valence-electron chi connectivity index (χ4n) is 6.09. The van der Waals surface area contributed by atoms with Crippen molar-refractivity contribution in [1.82, 2.24) is 10.2 Å². The first-order chi connectivity index (χ1) is 18.6. The number of amides is 2. The number of likely N-dealkylation sites (tertiary alicyclic amines) is 1. The average Bonchev–Trinajstić information content (AvgIpc) is 3.16. The van der Waals surface area contributed by atoms with Crippen LogP contribution in [0.2, 0.25) is 0 Å². The fourth-order valence-corrected chi connectivity index (χ4v) is 6.09. The number of aryl methyl sites for hydroxylation is 2. The second kappa shape index (κ2) is 10.1. The van der Waals surface area contributed by atoms with Crippen LogP contribution < -0.4 is 5.32 Å². The summed E-state index contributed by atoms with van der Waals surface area (Å²) in [5.74, 6) is -1.42. The summed E-state index contributed by atoms with van der Waals surface area (Å²) in [6, 6.07) is 14.7. The summed E-state index contributed by atoms with van der Waals surface area (Å²) in [7, 11) is 0. The molecule has 1 unspecified atom stereocenters. The van der Waals surface area contributed by atoms with Crippen molar-refractivity contribution in [2.45, 2.75) is 51.0 Å². The standard InChI is InChI=1S/C30H30FN3O5/c1-18-7-8-23-22(13-18)25(32-28(36)15-20-5-3-4-6-24(20)31)17-30(23)9-11-33(12-10-30)29(37)21-16-26(34(38)39)27(35)14-19(21)2/h3-8,13-14,16,25,35H,9-12,15,17H2,1-2H3,(H,32,36). The molecule has 2 N–H and O–H groups in total. The van der Waals surface area contributed by atoms with Gasteiger partial charge in [-0.25, -0.2) is 4.39 Å². The van der Waals surface area contributed by atoms with Crippen LogP contribution in [0.5, 0.6) is 5.75 Å². The molecule has 1 spiro atoms. The van der Waals surface area contributed by atoms with Crippen LogP contribution in [0.15, 0.2) is 54.6 Å². The summed E-state index contributed by atoms with van der Waals surface area (Å²) >= 11 is 0. The van der Waals surface area contributed by atoms with Gasteiger partial charge in [0.15, 0.2) is 5.75 Å². The third kappa shape index (κ3) is 4.96. The predicted molar refractivity (Wildman–Crippen MR) is 143 cm³/mol. The maximum Gasteiger partial charge on any atom is 0.311 e. The van der Waals surface area contributed by atoms with E-state index < -0.39 is 22.2 Å². The number of carbonyl (C=O) groups excluding carboxylic acids is 2. The molecule has 202 valence electrons. The molecule has 0 bridgehead atoms. The largest absolute Gasteiger partial charge is 0.502 e. The lowest BCUT2D eigenvalue weighted by Gasteiger charge is -2.40. The molecule has 1 aliphatic heterocycles. The van der Waals surface area contributed by atoms with Gasteiger partial charge in [0.1, 0.15) is 5.82 Å². The Labute approximate surface area is 225 Å². The molecule has 3 aromatic carbocycles. The van der Waals surface area contributed by atoms with Crippen molar-refractivity contribution in [3.63, 3.8) is 0 Å². The van der Waals surface area contributed by atoms with Crippen LogP contribution in [0.4, 0.5) is 10.1 Å². The minimum Gasteiger partial charge on any atom is -0.502 e. The van der Waals surface area contributed by atoms with E-state index in [1.807, 2.05) is 6.92 Å². The molecule has 8 nitrogen and oxygen atoms in total. The Morgan fingerprint density at radius 2 is 1.85 bits per heavy atom. The molecular formula is C30H30FN3O5. The maximum atomic E-state index is 14.1. The summed E-state index contributed by atoms with van der Waals surface area (Å²) in [4.78, 5) is 38.6. The highest BCUT2D eigenvalue weighted by atomic mass is 19.1. The summed E-state index contributed by atoms with van der Waals surface area (Å²) in [5, 5.41) is 24.3. The van der Waals surface area contributed by atoms with Crippen molar-refractivity contribution >= 4 is 17.5 Å². The van der Waals surface area contributed by atoms with Crippen molar-refractivity contribution in [2.75, 3.05) is 13.1 Å². The summed E-state index contributed by atoms with van der Waals surface area (Å²) in [5.41, 5.74) is 3.60. The van der Waals surface area contributed by atoms with Crippen molar-refractivity contribution in [3.05, 3.63) is 104 Å². The van der Waals surface area contributed by atoms with Crippen LogP contribution >= 0.6 is 0 Å². The van der Waals surface area contributed by atoms with E-state index in [2.05, 4.69) is 23.5 Å². The van der Waals surface area contributed by atoms with Gasteiger partial charge < -0.3 is 15.3 Å². The van der Waals surface area contributed by atoms with Crippen LogP contribution in [0.1, 0.15) is 63.5 Å². The number of fused-ring (bicyclic) bond motifs is 2. The zero-order valence-corrected chi connectivity index (χ0v) is 21.9. The molecular weight excluding hydrogens is 501 g/mol. The van der Waals surface area contributed by atoms with E-state index in [1.54, 1.807) is 30.0 Å². The lowest BCUT2D eigenvalue weighted by Crippen LogP contribution is -2.45. The Kier molecular flexibility index (Phi) is 6.84. The molecule has 1 atom stereocenters. The van der Waals surface area contributed by atoms with Crippen molar-refractivity contribution in [1.29, 1.82) is 0 Å². The number of hydrogen-bond acceptors (Lipinski definition) is 5. The zero-order valence-electron chi connectivity index (χ0n) is 21.9.